The quantitative estimate of drug-likeness (QED) is 0.0818. The molecule has 0 aliphatic carbocycles. The number of carbonyl (C=O) groups is 1. The van der Waals surface area contributed by atoms with Crippen LogP contribution in [0.2, 0.25) is 0 Å². The molecule has 0 aliphatic rings. The summed E-state index contributed by atoms with van der Waals surface area (Å²) >= 11 is 0. The Morgan fingerprint density at radius 3 is 2.08 bits per heavy atom. The van der Waals surface area contributed by atoms with E-state index in [1.165, 1.54) is 57.8 Å². The van der Waals surface area contributed by atoms with Crippen LogP contribution in [-0.4, -0.2) is 44.1 Å². The van der Waals surface area contributed by atoms with Crippen molar-refractivity contribution in [2.75, 3.05) is 33.4 Å². The van der Waals surface area contributed by atoms with Gasteiger partial charge in [0, 0.05) is 12.8 Å². The van der Waals surface area contributed by atoms with Gasteiger partial charge in [-0.3, -0.25) is 13.8 Å². The number of nitrogens with one attached hydrogen (secondary N) is 1. The van der Waals surface area contributed by atoms with Crippen LogP contribution < -0.4 is 10.1 Å². The second kappa shape index (κ2) is 23.5. The van der Waals surface area contributed by atoms with Gasteiger partial charge >= 0.3 is 7.82 Å². The van der Waals surface area contributed by atoms with Gasteiger partial charge in [-0.2, -0.15) is 0 Å². The molecule has 226 valence electrons. The standard InChI is InChI=1S/C31H56NO6P/c1-4-6-7-8-9-10-11-12-13-15-23-36-31-20-18-28(19-21-31)25-29(26-30(33)17-5-2)27-38-39(34,35)37-24-16-14-22-32-3/h18-21,29,32H,4-17,22-27H2,1-3H3,(H,34,35). The van der Waals surface area contributed by atoms with Crippen LogP contribution in [0.15, 0.2) is 24.3 Å². The van der Waals surface area contributed by atoms with Crippen molar-refractivity contribution in [3.63, 3.8) is 0 Å². The van der Waals surface area contributed by atoms with Crippen LogP contribution in [0.25, 0.3) is 0 Å². The zero-order valence-corrected chi connectivity index (χ0v) is 25.9. The highest BCUT2D eigenvalue weighted by molar-refractivity contribution is 7.47. The van der Waals surface area contributed by atoms with E-state index in [-0.39, 0.29) is 24.9 Å². The molecule has 0 spiro atoms. The summed E-state index contributed by atoms with van der Waals surface area (Å²) in [7, 11) is -2.29. The van der Waals surface area contributed by atoms with Gasteiger partial charge in [0.2, 0.25) is 0 Å². The summed E-state index contributed by atoms with van der Waals surface area (Å²) in [5.41, 5.74) is 1.04. The topological polar surface area (TPSA) is 94.1 Å². The number of ketones is 1. The summed E-state index contributed by atoms with van der Waals surface area (Å²) in [4.78, 5) is 22.4. The van der Waals surface area contributed by atoms with Crippen molar-refractivity contribution in [3.05, 3.63) is 29.8 Å². The molecular weight excluding hydrogens is 513 g/mol. The lowest BCUT2D eigenvalue weighted by Crippen LogP contribution is -2.17. The number of phosphoric ester groups is 1. The number of hydrogen-bond donors (Lipinski definition) is 2. The monoisotopic (exact) mass is 569 g/mol. The largest absolute Gasteiger partial charge is 0.494 e. The highest BCUT2D eigenvalue weighted by Gasteiger charge is 2.24. The van der Waals surface area contributed by atoms with Crippen LogP contribution >= 0.6 is 7.82 Å². The molecule has 0 saturated heterocycles. The van der Waals surface area contributed by atoms with Crippen molar-refractivity contribution in [2.24, 2.45) is 5.92 Å². The predicted octanol–water partition coefficient (Wildman–Crippen LogP) is 8.04. The summed E-state index contributed by atoms with van der Waals surface area (Å²) < 4.78 is 28.6. The van der Waals surface area contributed by atoms with E-state index in [0.29, 0.717) is 25.7 Å². The van der Waals surface area contributed by atoms with E-state index in [0.717, 1.165) is 43.7 Å². The summed E-state index contributed by atoms with van der Waals surface area (Å²) in [6, 6.07) is 7.93. The van der Waals surface area contributed by atoms with Crippen LogP contribution in [0.1, 0.15) is 116 Å². The zero-order chi connectivity index (χ0) is 28.6. The highest BCUT2D eigenvalue weighted by Crippen LogP contribution is 2.44. The fourth-order valence-corrected chi connectivity index (χ4v) is 5.38. The van der Waals surface area contributed by atoms with Gasteiger partial charge in [0.15, 0.2) is 0 Å². The Morgan fingerprint density at radius 2 is 1.46 bits per heavy atom. The molecule has 0 radical (unpaired) electrons. The van der Waals surface area contributed by atoms with Gasteiger partial charge in [-0.05, 0) is 69.3 Å². The van der Waals surface area contributed by atoms with E-state index in [1.807, 2.05) is 38.2 Å². The van der Waals surface area contributed by atoms with Gasteiger partial charge in [0.25, 0.3) is 0 Å². The molecule has 2 N–H and O–H groups in total. The number of Topliss-reactive ketones (excluding diaryl/α,β-unsaturated/α-hetero) is 1. The fraction of sp³-hybridized carbons (Fsp3) is 0.774. The van der Waals surface area contributed by atoms with Gasteiger partial charge in [-0.25, -0.2) is 4.57 Å². The lowest BCUT2D eigenvalue weighted by Gasteiger charge is -2.19. The normalized spacial score (nSPS) is 13.7. The average molecular weight is 570 g/mol. The first kappa shape index (κ1) is 35.8. The first-order chi connectivity index (χ1) is 18.9. The number of hydrogen-bond acceptors (Lipinski definition) is 6. The maximum Gasteiger partial charge on any atom is 0.472 e. The predicted molar refractivity (Wildman–Crippen MR) is 160 cm³/mol. The third kappa shape index (κ3) is 20.3. The summed E-state index contributed by atoms with van der Waals surface area (Å²) in [5, 5.41) is 3.03. The lowest BCUT2D eigenvalue weighted by molar-refractivity contribution is -0.120. The smallest absolute Gasteiger partial charge is 0.472 e. The van der Waals surface area contributed by atoms with Crippen LogP contribution in [0.5, 0.6) is 5.75 Å². The minimum absolute atomic E-state index is 0.00324. The van der Waals surface area contributed by atoms with Crippen molar-refractivity contribution >= 4 is 13.6 Å². The van der Waals surface area contributed by atoms with Crippen molar-refractivity contribution in [2.45, 2.75) is 117 Å². The third-order valence-corrected chi connectivity index (χ3v) is 7.79. The van der Waals surface area contributed by atoms with E-state index < -0.39 is 7.82 Å². The third-order valence-electron chi connectivity index (χ3n) is 6.81. The second-order valence-electron chi connectivity index (χ2n) is 10.6. The van der Waals surface area contributed by atoms with Crippen LogP contribution in [0.3, 0.4) is 0 Å². The number of unbranched alkanes of at least 4 members (excludes halogenated alkanes) is 10. The highest BCUT2D eigenvalue weighted by atomic mass is 31.2. The molecular formula is C31H56NO6P. The number of rotatable bonds is 27. The summed E-state index contributed by atoms with van der Waals surface area (Å²) in [5.74, 6) is 0.787. The number of phosphoric acid groups is 1. The molecule has 0 saturated carbocycles. The van der Waals surface area contributed by atoms with Crippen LogP contribution in [0.4, 0.5) is 0 Å². The van der Waals surface area contributed by atoms with Gasteiger partial charge in [0.05, 0.1) is 19.8 Å². The summed E-state index contributed by atoms with van der Waals surface area (Å²) in [6.07, 6.45) is 16.7. The Bertz CT molecular complexity index is 773. The van der Waals surface area contributed by atoms with Gasteiger partial charge in [0.1, 0.15) is 11.5 Å². The Labute approximate surface area is 238 Å². The Balaban J connectivity index is 2.40. The first-order valence-corrected chi connectivity index (χ1v) is 16.9. The molecule has 0 bridgehead atoms. The lowest BCUT2D eigenvalue weighted by atomic mass is 9.94. The van der Waals surface area contributed by atoms with E-state index in [9.17, 15) is 14.3 Å². The molecule has 0 aliphatic heterocycles. The van der Waals surface area contributed by atoms with Gasteiger partial charge < -0.3 is 14.9 Å². The zero-order valence-electron chi connectivity index (χ0n) is 25.0. The van der Waals surface area contributed by atoms with E-state index in [1.54, 1.807) is 0 Å². The molecule has 7 nitrogen and oxygen atoms in total. The van der Waals surface area contributed by atoms with E-state index >= 15 is 0 Å². The van der Waals surface area contributed by atoms with Crippen molar-refractivity contribution < 1.29 is 28.0 Å². The number of ether oxygens (including phenoxy) is 1. The maximum atomic E-state index is 12.3. The van der Waals surface area contributed by atoms with Crippen LogP contribution in [0, 0.1) is 5.92 Å². The molecule has 2 atom stereocenters. The molecule has 39 heavy (non-hydrogen) atoms. The summed E-state index contributed by atoms with van der Waals surface area (Å²) in [6.45, 7) is 5.93. The SMILES string of the molecule is CCCCCCCCCCCCOc1ccc(CC(COP(=O)(O)OCCCCNC)CC(=O)CCC)cc1. The first-order valence-electron chi connectivity index (χ1n) is 15.4. The van der Waals surface area contributed by atoms with E-state index in [2.05, 4.69) is 12.2 Å². The fourth-order valence-electron chi connectivity index (χ4n) is 4.55. The Kier molecular flexibility index (Phi) is 21.5. The minimum atomic E-state index is -4.15. The van der Waals surface area contributed by atoms with Crippen molar-refractivity contribution in [1.29, 1.82) is 0 Å². The van der Waals surface area contributed by atoms with Gasteiger partial charge in [-0.15, -0.1) is 0 Å². The molecule has 8 heteroatoms. The molecule has 1 aromatic rings. The van der Waals surface area contributed by atoms with Crippen molar-refractivity contribution in [3.8, 4) is 5.75 Å². The molecule has 0 aromatic heterocycles. The molecule has 0 fully saturated rings. The number of benzene rings is 1. The van der Waals surface area contributed by atoms with Crippen LogP contribution in [-0.2, 0) is 24.8 Å². The number of carbonyl (C=O) groups excluding carboxylic acids is 1. The van der Waals surface area contributed by atoms with Crippen molar-refractivity contribution in [1.82, 2.24) is 5.32 Å². The molecule has 1 aromatic carbocycles. The maximum absolute atomic E-state index is 12.3. The Hall–Kier alpha value is -1.24. The molecule has 1 rings (SSSR count). The molecule has 2 unspecified atom stereocenters. The minimum Gasteiger partial charge on any atom is -0.494 e. The molecule has 0 amide bonds. The average Bonchev–Trinajstić information content (AvgIpc) is 2.91. The Morgan fingerprint density at radius 1 is 0.846 bits per heavy atom. The van der Waals surface area contributed by atoms with Gasteiger partial charge in [-0.1, -0.05) is 83.8 Å². The van der Waals surface area contributed by atoms with E-state index in [4.69, 9.17) is 13.8 Å². The second-order valence-corrected chi connectivity index (χ2v) is 12.1. The molecule has 0 heterocycles.